The van der Waals surface area contributed by atoms with Gasteiger partial charge in [-0.1, -0.05) is 0 Å². The highest BCUT2D eigenvalue weighted by atomic mass is 19.1. The average Bonchev–Trinajstić information content (AvgIpc) is 2.61. The number of likely N-dealkylation sites (N-methyl/N-ethyl adjacent to an activating group) is 1. The molecule has 136 valence electrons. The molecule has 0 radical (unpaired) electrons. The van der Waals surface area contributed by atoms with Gasteiger partial charge in [-0.25, -0.2) is 14.4 Å². The normalized spacial score (nSPS) is 20.7. The van der Waals surface area contributed by atoms with Crippen molar-refractivity contribution in [3.63, 3.8) is 0 Å². The molecule has 1 atom stereocenters. The maximum Gasteiger partial charge on any atom is 0.258 e. The smallest absolute Gasteiger partial charge is 0.258 e. The van der Waals surface area contributed by atoms with Gasteiger partial charge in [0.1, 0.15) is 11.9 Å². The van der Waals surface area contributed by atoms with Gasteiger partial charge in [0.05, 0.1) is 11.9 Å². The molecule has 1 aliphatic heterocycles. The van der Waals surface area contributed by atoms with Gasteiger partial charge in [-0.05, 0) is 50.1 Å². The molecule has 0 saturated carbocycles. The van der Waals surface area contributed by atoms with Crippen LogP contribution in [0.5, 0.6) is 5.88 Å². The molecule has 1 aromatic heterocycles. The Kier molecular flexibility index (Phi) is 4.63. The maximum absolute atomic E-state index is 13.8. The van der Waals surface area contributed by atoms with Crippen molar-refractivity contribution < 1.29 is 13.9 Å². The monoisotopic (exact) mass is 356 g/mol. The Hall–Kier alpha value is -2.96. The molecule has 0 spiro atoms. The third kappa shape index (κ3) is 3.24. The molecule has 0 saturated heterocycles. The minimum atomic E-state index is -0.630. The molecule has 6 nitrogen and oxygen atoms in total. The van der Waals surface area contributed by atoms with Crippen molar-refractivity contribution in [3.8, 4) is 5.88 Å². The third-order valence-corrected chi connectivity index (χ3v) is 4.58. The van der Waals surface area contributed by atoms with Crippen molar-refractivity contribution in [3.05, 3.63) is 52.6 Å². The van der Waals surface area contributed by atoms with E-state index in [9.17, 15) is 9.18 Å². The molecule has 0 aliphatic carbocycles. The van der Waals surface area contributed by atoms with Crippen LogP contribution in [0.4, 0.5) is 10.2 Å². The zero-order valence-electron chi connectivity index (χ0n) is 15.2. The summed E-state index contributed by atoms with van der Waals surface area (Å²) in [5.41, 5.74) is 9.20. The summed E-state index contributed by atoms with van der Waals surface area (Å²) >= 11 is 0. The SMILES string of the molecule is C/C1=C(\C)c2cnc(N)c(n2)OC(C)c2cc(F)ccc2C(=O)N(C)C1. The van der Waals surface area contributed by atoms with E-state index in [0.717, 1.165) is 11.1 Å². The molecular formula is C19H21FN4O2. The number of hydrogen-bond donors (Lipinski definition) is 1. The van der Waals surface area contributed by atoms with E-state index in [1.54, 1.807) is 25.1 Å². The fourth-order valence-corrected chi connectivity index (χ4v) is 2.91. The molecule has 26 heavy (non-hydrogen) atoms. The van der Waals surface area contributed by atoms with E-state index in [-0.39, 0.29) is 17.6 Å². The van der Waals surface area contributed by atoms with Gasteiger partial charge < -0.3 is 15.4 Å². The Morgan fingerprint density at radius 3 is 2.81 bits per heavy atom. The summed E-state index contributed by atoms with van der Waals surface area (Å²) in [5.74, 6) is -0.337. The number of benzene rings is 1. The van der Waals surface area contributed by atoms with Crippen molar-refractivity contribution in [1.82, 2.24) is 14.9 Å². The molecule has 2 bridgehead atoms. The van der Waals surface area contributed by atoms with E-state index in [2.05, 4.69) is 9.97 Å². The highest BCUT2D eigenvalue weighted by molar-refractivity contribution is 5.96. The fraction of sp³-hybridized carbons (Fsp3) is 0.316. The third-order valence-electron chi connectivity index (χ3n) is 4.58. The van der Waals surface area contributed by atoms with Gasteiger partial charge in [-0.2, -0.15) is 0 Å². The zero-order valence-corrected chi connectivity index (χ0v) is 15.2. The number of anilines is 1. The summed E-state index contributed by atoms with van der Waals surface area (Å²) in [6, 6.07) is 4.05. The van der Waals surface area contributed by atoms with E-state index in [4.69, 9.17) is 10.5 Å². The molecule has 2 aromatic rings. The molecule has 1 aromatic carbocycles. The van der Waals surface area contributed by atoms with Gasteiger partial charge in [-0.3, -0.25) is 4.79 Å². The van der Waals surface area contributed by atoms with Crippen LogP contribution in [0.15, 0.2) is 30.0 Å². The highest BCUT2D eigenvalue weighted by Gasteiger charge is 2.24. The number of ether oxygens (including phenoxy) is 1. The number of aromatic nitrogens is 2. The number of fused-ring (bicyclic) bond motifs is 3. The van der Waals surface area contributed by atoms with Crippen LogP contribution in [0.3, 0.4) is 0 Å². The molecule has 2 heterocycles. The molecule has 1 unspecified atom stereocenters. The topological polar surface area (TPSA) is 81.3 Å². The Morgan fingerprint density at radius 1 is 1.35 bits per heavy atom. The number of hydrogen-bond acceptors (Lipinski definition) is 5. The van der Waals surface area contributed by atoms with Crippen molar-refractivity contribution in [2.75, 3.05) is 19.3 Å². The first-order chi connectivity index (χ1) is 12.3. The van der Waals surface area contributed by atoms with Crippen molar-refractivity contribution >= 4 is 17.3 Å². The summed E-state index contributed by atoms with van der Waals surface area (Å²) in [4.78, 5) is 23.1. The first kappa shape index (κ1) is 17.8. The van der Waals surface area contributed by atoms with Gasteiger partial charge in [-0.15, -0.1) is 0 Å². The zero-order chi connectivity index (χ0) is 19.0. The van der Waals surface area contributed by atoms with Crippen molar-refractivity contribution in [2.45, 2.75) is 26.9 Å². The van der Waals surface area contributed by atoms with E-state index >= 15 is 0 Å². The molecule has 1 aliphatic rings. The second-order valence-electron chi connectivity index (χ2n) is 6.50. The first-order valence-corrected chi connectivity index (χ1v) is 8.28. The molecule has 2 N–H and O–H groups in total. The number of nitrogens with zero attached hydrogens (tertiary/aromatic N) is 3. The molecule has 0 fully saturated rings. The van der Waals surface area contributed by atoms with E-state index in [0.29, 0.717) is 23.4 Å². The number of halogens is 1. The van der Waals surface area contributed by atoms with E-state index in [1.807, 2.05) is 13.8 Å². The molecule has 1 amide bonds. The lowest BCUT2D eigenvalue weighted by Crippen LogP contribution is -2.30. The Morgan fingerprint density at radius 2 is 2.08 bits per heavy atom. The number of allylic oxidation sites excluding steroid dienone is 1. The van der Waals surface area contributed by atoms with Crippen LogP contribution in [-0.4, -0.2) is 34.4 Å². The second kappa shape index (κ2) is 6.74. The lowest BCUT2D eigenvalue weighted by atomic mass is 10.0. The number of carbonyl (C=O) groups is 1. The van der Waals surface area contributed by atoms with Gasteiger partial charge in [0, 0.05) is 24.7 Å². The summed E-state index contributed by atoms with van der Waals surface area (Å²) in [7, 11) is 1.71. The van der Waals surface area contributed by atoms with E-state index in [1.165, 1.54) is 18.2 Å². The van der Waals surface area contributed by atoms with Crippen LogP contribution in [0.25, 0.3) is 5.57 Å². The quantitative estimate of drug-likeness (QED) is 0.784. The van der Waals surface area contributed by atoms with Crippen LogP contribution in [0.1, 0.15) is 48.5 Å². The fourth-order valence-electron chi connectivity index (χ4n) is 2.91. The largest absolute Gasteiger partial charge is 0.467 e. The molecule has 7 heteroatoms. The van der Waals surface area contributed by atoms with Gasteiger partial charge in [0.25, 0.3) is 11.8 Å². The summed E-state index contributed by atoms with van der Waals surface area (Å²) in [6.45, 7) is 5.98. The molecular weight excluding hydrogens is 335 g/mol. The van der Waals surface area contributed by atoms with Gasteiger partial charge in [0.15, 0.2) is 5.82 Å². The van der Waals surface area contributed by atoms with Crippen molar-refractivity contribution in [1.29, 1.82) is 0 Å². The lowest BCUT2D eigenvalue weighted by Gasteiger charge is -2.24. The first-order valence-electron chi connectivity index (χ1n) is 8.28. The van der Waals surface area contributed by atoms with Crippen LogP contribution >= 0.6 is 0 Å². The number of nitrogens with two attached hydrogens (primary N) is 1. The standard InChI is InChI=1S/C19H21FN4O2/c1-10-9-24(4)19(25)14-6-5-13(20)7-15(14)12(3)26-18-17(21)22-8-16(23-18)11(10)2/h5-8,12H,9H2,1-4H3,(H2,21,22)/b11-10-. The average molecular weight is 356 g/mol. The second-order valence-corrected chi connectivity index (χ2v) is 6.50. The van der Waals surface area contributed by atoms with Gasteiger partial charge in [0.2, 0.25) is 0 Å². The Bertz CT molecular complexity index is 910. The summed E-state index contributed by atoms with van der Waals surface area (Å²) in [5, 5.41) is 0. The lowest BCUT2D eigenvalue weighted by molar-refractivity contribution is 0.0801. The predicted molar refractivity (Wildman–Crippen MR) is 97.1 cm³/mol. The Labute approximate surface area is 151 Å². The van der Waals surface area contributed by atoms with Gasteiger partial charge >= 0.3 is 0 Å². The summed E-state index contributed by atoms with van der Waals surface area (Å²) in [6.07, 6.45) is 0.946. The highest BCUT2D eigenvalue weighted by Crippen LogP contribution is 2.30. The van der Waals surface area contributed by atoms with E-state index < -0.39 is 11.9 Å². The number of carbonyl (C=O) groups excluding carboxylic acids is 1. The van der Waals surface area contributed by atoms with Crippen LogP contribution < -0.4 is 10.5 Å². The minimum absolute atomic E-state index is 0.143. The number of nitrogen functional groups attached to an aromatic ring is 1. The molecule has 3 rings (SSSR count). The maximum atomic E-state index is 13.8. The van der Waals surface area contributed by atoms with Crippen LogP contribution in [0.2, 0.25) is 0 Å². The number of amides is 1. The number of rotatable bonds is 0. The van der Waals surface area contributed by atoms with Crippen LogP contribution in [0, 0.1) is 5.82 Å². The van der Waals surface area contributed by atoms with Crippen molar-refractivity contribution in [2.24, 2.45) is 0 Å². The van der Waals surface area contributed by atoms with Crippen LogP contribution in [-0.2, 0) is 0 Å². The Balaban J connectivity index is 2.21. The minimum Gasteiger partial charge on any atom is -0.467 e. The summed E-state index contributed by atoms with van der Waals surface area (Å²) < 4.78 is 19.7. The predicted octanol–water partition coefficient (Wildman–Crippen LogP) is 3.22.